The van der Waals surface area contributed by atoms with Crippen molar-refractivity contribution in [3.05, 3.63) is 89.5 Å². The van der Waals surface area contributed by atoms with Crippen molar-refractivity contribution in [3.63, 3.8) is 0 Å². The fourth-order valence-electron chi connectivity index (χ4n) is 3.40. The second-order valence-electron chi connectivity index (χ2n) is 8.21. The number of rotatable bonds is 9. The molecule has 0 aliphatic carbocycles. The van der Waals surface area contributed by atoms with Crippen LogP contribution in [0.25, 0.3) is 0 Å². The van der Waals surface area contributed by atoms with E-state index >= 15 is 0 Å². The topological polar surface area (TPSA) is 75.7 Å². The summed E-state index contributed by atoms with van der Waals surface area (Å²) in [6, 6.07) is 21.2. The Morgan fingerprint density at radius 2 is 1.70 bits per heavy atom. The molecule has 0 unspecified atom stereocenters. The minimum Gasteiger partial charge on any atom is -0.491 e. The third-order valence-corrected chi connectivity index (χ3v) is 6.79. The molecule has 0 saturated carbocycles. The zero-order valence-electron chi connectivity index (χ0n) is 19.4. The molecule has 7 heteroatoms. The number of carbonyl (C=O) groups excluding carboxylic acids is 1. The SMILES string of the molecule is Cc1ccc(C)c(N(CC(=O)NCc2cccc(OC(C)C)c2)S(=O)(=O)c2ccccc2)c1. The van der Waals surface area contributed by atoms with E-state index in [9.17, 15) is 13.2 Å². The van der Waals surface area contributed by atoms with Crippen molar-refractivity contribution in [2.24, 2.45) is 0 Å². The first-order valence-electron chi connectivity index (χ1n) is 10.8. The summed E-state index contributed by atoms with van der Waals surface area (Å²) in [4.78, 5) is 13.0. The predicted octanol–water partition coefficient (Wildman–Crippen LogP) is 4.60. The molecule has 0 saturated heterocycles. The molecule has 0 aromatic heterocycles. The predicted molar refractivity (Wildman–Crippen MR) is 131 cm³/mol. The van der Waals surface area contributed by atoms with Crippen LogP contribution in [0.5, 0.6) is 5.75 Å². The quantitative estimate of drug-likeness (QED) is 0.500. The maximum absolute atomic E-state index is 13.5. The lowest BCUT2D eigenvalue weighted by Gasteiger charge is -2.26. The van der Waals surface area contributed by atoms with Gasteiger partial charge in [-0.2, -0.15) is 0 Å². The lowest BCUT2D eigenvalue weighted by molar-refractivity contribution is -0.119. The highest BCUT2D eigenvalue weighted by atomic mass is 32.2. The molecular weight excluding hydrogens is 436 g/mol. The molecule has 0 radical (unpaired) electrons. The number of nitrogens with one attached hydrogen (secondary N) is 1. The molecule has 0 bridgehead atoms. The molecule has 174 valence electrons. The van der Waals surface area contributed by atoms with Crippen molar-refractivity contribution >= 4 is 21.6 Å². The van der Waals surface area contributed by atoms with Crippen LogP contribution in [0.3, 0.4) is 0 Å². The summed E-state index contributed by atoms with van der Waals surface area (Å²) in [7, 11) is -3.94. The number of nitrogens with zero attached hydrogens (tertiary/aromatic N) is 1. The van der Waals surface area contributed by atoms with Crippen LogP contribution in [-0.2, 0) is 21.4 Å². The number of sulfonamides is 1. The third-order valence-electron chi connectivity index (χ3n) is 5.01. The van der Waals surface area contributed by atoms with Gasteiger partial charge in [0.15, 0.2) is 0 Å². The van der Waals surface area contributed by atoms with Crippen LogP contribution in [0.1, 0.15) is 30.5 Å². The maximum atomic E-state index is 13.5. The first-order valence-corrected chi connectivity index (χ1v) is 12.3. The molecule has 1 N–H and O–H groups in total. The summed E-state index contributed by atoms with van der Waals surface area (Å²) >= 11 is 0. The van der Waals surface area contributed by atoms with Crippen LogP contribution in [0.15, 0.2) is 77.7 Å². The molecule has 3 aromatic rings. The Bertz CT molecular complexity index is 1210. The van der Waals surface area contributed by atoms with E-state index in [-0.39, 0.29) is 24.1 Å². The van der Waals surface area contributed by atoms with Gasteiger partial charge in [-0.3, -0.25) is 9.10 Å². The summed E-state index contributed by atoms with van der Waals surface area (Å²) in [6.45, 7) is 7.56. The van der Waals surface area contributed by atoms with Gasteiger partial charge in [-0.1, -0.05) is 42.5 Å². The van der Waals surface area contributed by atoms with Gasteiger partial charge >= 0.3 is 0 Å². The maximum Gasteiger partial charge on any atom is 0.264 e. The van der Waals surface area contributed by atoms with Crippen LogP contribution in [0, 0.1) is 13.8 Å². The molecule has 0 atom stereocenters. The molecule has 0 spiro atoms. The largest absolute Gasteiger partial charge is 0.491 e. The molecule has 3 rings (SSSR count). The number of ether oxygens (including phenoxy) is 1. The summed E-state index contributed by atoms with van der Waals surface area (Å²) in [5.41, 5.74) is 3.03. The van der Waals surface area contributed by atoms with E-state index in [1.165, 1.54) is 16.4 Å². The van der Waals surface area contributed by atoms with Gasteiger partial charge in [-0.15, -0.1) is 0 Å². The number of hydrogen-bond acceptors (Lipinski definition) is 4. The van der Waals surface area contributed by atoms with Gasteiger partial charge < -0.3 is 10.1 Å². The number of amides is 1. The lowest BCUT2D eigenvalue weighted by Crippen LogP contribution is -2.41. The van der Waals surface area contributed by atoms with Gasteiger partial charge in [-0.05, 0) is 74.7 Å². The van der Waals surface area contributed by atoms with Gasteiger partial charge in [0.05, 0.1) is 16.7 Å². The van der Waals surface area contributed by atoms with Crippen molar-refractivity contribution in [1.29, 1.82) is 0 Å². The van der Waals surface area contributed by atoms with Crippen LogP contribution in [-0.4, -0.2) is 27.0 Å². The number of aryl methyl sites for hydroxylation is 2. The standard InChI is InChI=1S/C26H30N2O4S/c1-19(2)32-23-10-8-9-22(16-23)17-27-26(29)18-28(25-15-20(3)13-14-21(25)4)33(30,31)24-11-6-5-7-12-24/h5-16,19H,17-18H2,1-4H3,(H,27,29). The minimum absolute atomic E-state index is 0.0455. The van der Waals surface area contributed by atoms with Crippen LogP contribution < -0.4 is 14.4 Å². The fraction of sp³-hybridized carbons (Fsp3) is 0.269. The van der Waals surface area contributed by atoms with Crippen LogP contribution >= 0.6 is 0 Å². The Kier molecular flexibility index (Phi) is 7.76. The molecule has 0 aliphatic heterocycles. The normalized spacial score (nSPS) is 11.3. The first kappa shape index (κ1) is 24.3. The van der Waals surface area contributed by atoms with Crippen molar-refractivity contribution in [1.82, 2.24) is 5.32 Å². The van der Waals surface area contributed by atoms with E-state index in [1.54, 1.807) is 24.3 Å². The van der Waals surface area contributed by atoms with Crippen molar-refractivity contribution in [3.8, 4) is 5.75 Å². The summed E-state index contributed by atoms with van der Waals surface area (Å²) in [5, 5.41) is 2.84. The molecule has 6 nitrogen and oxygen atoms in total. The first-order chi connectivity index (χ1) is 15.7. The number of hydrogen-bond donors (Lipinski definition) is 1. The molecule has 0 aliphatic rings. The van der Waals surface area contributed by atoms with Crippen LogP contribution in [0.2, 0.25) is 0 Å². The van der Waals surface area contributed by atoms with E-state index in [4.69, 9.17) is 4.74 Å². The van der Waals surface area contributed by atoms with E-state index < -0.39 is 15.9 Å². The second-order valence-corrected chi connectivity index (χ2v) is 10.1. The van der Waals surface area contributed by atoms with Gasteiger partial charge in [0.1, 0.15) is 12.3 Å². The van der Waals surface area contributed by atoms with Gasteiger partial charge in [0.2, 0.25) is 5.91 Å². The van der Waals surface area contributed by atoms with Crippen molar-refractivity contribution in [2.45, 2.75) is 45.2 Å². The molecular formula is C26H30N2O4S. The highest BCUT2D eigenvalue weighted by molar-refractivity contribution is 7.92. The summed E-state index contributed by atoms with van der Waals surface area (Å²) in [5.74, 6) is 0.325. The lowest BCUT2D eigenvalue weighted by atomic mass is 10.1. The van der Waals surface area contributed by atoms with E-state index in [2.05, 4.69) is 5.32 Å². The Morgan fingerprint density at radius 3 is 2.39 bits per heavy atom. The minimum atomic E-state index is -3.94. The highest BCUT2D eigenvalue weighted by Gasteiger charge is 2.28. The number of carbonyl (C=O) groups is 1. The zero-order valence-corrected chi connectivity index (χ0v) is 20.2. The van der Waals surface area contributed by atoms with E-state index in [0.717, 1.165) is 22.4 Å². The Hall–Kier alpha value is -3.32. The number of anilines is 1. The van der Waals surface area contributed by atoms with Crippen molar-refractivity contribution < 1.29 is 17.9 Å². The van der Waals surface area contributed by atoms with Gasteiger partial charge in [0, 0.05) is 6.54 Å². The molecule has 0 heterocycles. The average molecular weight is 467 g/mol. The monoisotopic (exact) mass is 466 g/mol. The van der Waals surface area contributed by atoms with Crippen molar-refractivity contribution in [2.75, 3.05) is 10.8 Å². The third kappa shape index (κ3) is 6.35. The molecule has 3 aromatic carbocycles. The molecule has 1 amide bonds. The van der Waals surface area contributed by atoms with Crippen LogP contribution in [0.4, 0.5) is 5.69 Å². The van der Waals surface area contributed by atoms with Gasteiger partial charge in [-0.25, -0.2) is 8.42 Å². The zero-order chi connectivity index (χ0) is 24.0. The summed E-state index contributed by atoms with van der Waals surface area (Å²) in [6.07, 6.45) is 0.0455. The Balaban J connectivity index is 1.83. The second kappa shape index (κ2) is 10.5. The fourth-order valence-corrected chi connectivity index (χ4v) is 4.89. The van der Waals surface area contributed by atoms with E-state index in [1.807, 2.05) is 64.1 Å². The van der Waals surface area contributed by atoms with E-state index in [0.29, 0.717) is 5.69 Å². The summed E-state index contributed by atoms with van der Waals surface area (Å²) < 4.78 is 33.8. The molecule has 33 heavy (non-hydrogen) atoms. The molecule has 0 fully saturated rings. The smallest absolute Gasteiger partial charge is 0.264 e. The van der Waals surface area contributed by atoms with Gasteiger partial charge in [0.25, 0.3) is 10.0 Å². The Labute approximate surface area is 196 Å². The highest BCUT2D eigenvalue weighted by Crippen LogP contribution is 2.27. The Morgan fingerprint density at radius 1 is 0.970 bits per heavy atom. The average Bonchev–Trinajstić information content (AvgIpc) is 2.78. The number of benzene rings is 3.